The predicted octanol–water partition coefficient (Wildman–Crippen LogP) is 1.44. The molecular formula is C7H8F3NO2. The molecule has 0 spiro atoms. The molecule has 13 heavy (non-hydrogen) atoms. The molecule has 0 aromatic rings. The number of carbonyl (C=O) groups excluding carboxylic acids is 1. The summed E-state index contributed by atoms with van der Waals surface area (Å²) in [4.78, 5) is 10.4. The van der Waals surface area contributed by atoms with Gasteiger partial charge >= 0.3 is 6.18 Å². The molecule has 0 saturated heterocycles. The Bertz CT molecular complexity index is 219. The van der Waals surface area contributed by atoms with E-state index in [9.17, 15) is 18.0 Å². The smallest absolute Gasteiger partial charge is 0.363 e. The quantitative estimate of drug-likeness (QED) is 0.681. The molecule has 74 valence electrons. The van der Waals surface area contributed by atoms with Gasteiger partial charge in [0.05, 0.1) is 12.5 Å². The van der Waals surface area contributed by atoms with Crippen LogP contribution in [-0.2, 0) is 9.53 Å². The number of nitriles is 1. The molecule has 0 amide bonds. The molecule has 1 atom stereocenters. The SMILES string of the molecule is CCOC(C#N)CC(=O)C(F)(F)F. The fourth-order valence-electron chi connectivity index (χ4n) is 0.627. The number of halogens is 3. The van der Waals surface area contributed by atoms with Crippen LogP contribution < -0.4 is 0 Å². The number of hydrogen-bond acceptors (Lipinski definition) is 3. The summed E-state index contributed by atoms with van der Waals surface area (Å²) in [6, 6.07) is 1.46. The highest BCUT2D eigenvalue weighted by Gasteiger charge is 2.39. The van der Waals surface area contributed by atoms with Gasteiger partial charge < -0.3 is 4.74 Å². The fraction of sp³-hybridized carbons (Fsp3) is 0.714. The van der Waals surface area contributed by atoms with E-state index in [4.69, 9.17) is 5.26 Å². The van der Waals surface area contributed by atoms with Crippen molar-refractivity contribution in [3.8, 4) is 6.07 Å². The van der Waals surface area contributed by atoms with Gasteiger partial charge in [-0.15, -0.1) is 0 Å². The number of ketones is 1. The van der Waals surface area contributed by atoms with Crippen LogP contribution in [0.15, 0.2) is 0 Å². The molecule has 0 fully saturated rings. The van der Waals surface area contributed by atoms with E-state index in [0.29, 0.717) is 0 Å². The van der Waals surface area contributed by atoms with Crippen LogP contribution in [0, 0.1) is 11.3 Å². The maximum Gasteiger partial charge on any atom is 0.450 e. The van der Waals surface area contributed by atoms with Gasteiger partial charge in [0.25, 0.3) is 0 Å². The molecule has 0 rings (SSSR count). The van der Waals surface area contributed by atoms with Crippen LogP contribution in [0.3, 0.4) is 0 Å². The Morgan fingerprint density at radius 2 is 2.15 bits per heavy atom. The van der Waals surface area contributed by atoms with Crippen LogP contribution in [0.5, 0.6) is 0 Å². The molecule has 6 heteroatoms. The number of rotatable bonds is 4. The van der Waals surface area contributed by atoms with Gasteiger partial charge in [0, 0.05) is 6.61 Å². The van der Waals surface area contributed by atoms with E-state index < -0.39 is 24.5 Å². The number of carbonyl (C=O) groups is 1. The van der Waals surface area contributed by atoms with E-state index in [1.165, 1.54) is 13.0 Å². The van der Waals surface area contributed by atoms with E-state index in [1.807, 2.05) is 0 Å². The molecule has 0 aliphatic heterocycles. The van der Waals surface area contributed by atoms with Gasteiger partial charge in [-0.1, -0.05) is 0 Å². The Labute approximate surface area is 73.1 Å². The number of alkyl halides is 3. The third kappa shape index (κ3) is 4.48. The summed E-state index contributed by atoms with van der Waals surface area (Å²) in [6.07, 6.45) is -7.13. The second-order valence-corrected chi connectivity index (χ2v) is 2.20. The highest BCUT2D eigenvalue weighted by molar-refractivity contribution is 5.84. The average Bonchev–Trinajstić information content (AvgIpc) is 2.01. The minimum atomic E-state index is -4.88. The van der Waals surface area contributed by atoms with Crippen molar-refractivity contribution in [3.05, 3.63) is 0 Å². The lowest BCUT2D eigenvalue weighted by Crippen LogP contribution is -2.27. The number of Topliss-reactive ketones (excluding diaryl/α,β-unsaturated/α-hetero) is 1. The van der Waals surface area contributed by atoms with Crippen LogP contribution in [-0.4, -0.2) is 24.7 Å². The van der Waals surface area contributed by atoms with Gasteiger partial charge in [0.1, 0.15) is 0 Å². The monoisotopic (exact) mass is 195 g/mol. The molecule has 0 N–H and O–H groups in total. The van der Waals surface area contributed by atoms with Gasteiger partial charge in [-0.3, -0.25) is 4.79 Å². The highest BCUT2D eigenvalue weighted by atomic mass is 19.4. The van der Waals surface area contributed by atoms with E-state index in [-0.39, 0.29) is 6.61 Å². The average molecular weight is 195 g/mol. The van der Waals surface area contributed by atoms with E-state index in [2.05, 4.69) is 4.74 Å². The van der Waals surface area contributed by atoms with Gasteiger partial charge in [0.15, 0.2) is 6.10 Å². The molecule has 0 saturated carbocycles. The first-order valence-corrected chi connectivity index (χ1v) is 3.53. The van der Waals surface area contributed by atoms with Crippen LogP contribution in [0.25, 0.3) is 0 Å². The Morgan fingerprint density at radius 1 is 1.62 bits per heavy atom. The second-order valence-electron chi connectivity index (χ2n) is 2.20. The second kappa shape index (κ2) is 4.82. The lowest BCUT2D eigenvalue weighted by Gasteiger charge is -2.09. The number of ether oxygens (including phenoxy) is 1. The molecule has 0 aromatic carbocycles. The Balaban J connectivity index is 4.12. The molecule has 0 aliphatic carbocycles. The Hall–Kier alpha value is -1.09. The van der Waals surface area contributed by atoms with E-state index in [0.717, 1.165) is 0 Å². The van der Waals surface area contributed by atoms with Crippen LogP contribution in [0.1, 0.15) is 13.3 Å². The zero-order chi connectivity index (χ0) is 10.5. The maximum atomic E-state index is 11.7. The molecular weight excluding hydrogens is 187 g/mol. The molecule has 0 aromatic heterocycles. The van der Waals surface area contributed by atoms with Crippen molar-refractivity contribution in [2.45, 2.75) is 25.6 Å². The van der Waals surface area contributed by atoms with Crippen molar-refractivity contribution >= 4 is 5.78 Å². The molecule has 3 nitrogen and oxygen atoms in total. The minimum absolute atomic E-state index is 0.101. The van der Waals surface area contributed by atoms with Gasteiger partial charge in [-0.25, -0.2) is 0 Å². The fourth-order valence-corrected chi connectivity index (χ4v) is 0.627. The number of hydrogen-bond donors (Lipinski definition) is 0. The zero-order valence-corrected chi connectivity index (χ0v) is 6.89. The molecule has 0 heterocycles. The summed E-state index contributed by atoms with van der Waals surface area (Å²) in [5.41, 5.74) is 0. The molecule has 0 radical (unpaired) electrons. The van der Waals surface area contributed by atoms with Gasteiger partial charge in [-0.2, -0.15) is 18.4 Å². The number of nitrogens with zero attached hydrogens (tertiary/aromatic N) is 1. The third-order valence-electron chi connectivity index (χ3n) is 1.20. The molecule has 0 aliphatic rings. The Kier molecular flexibility index (Phi) is 4.42. The van der Waals surface area contributed by atoms with Crippen LogP contribution in [0.4, 0.5) is 13.2 Å². The highest BCUT2D eigenvalue weighted by Crippen LogP contribution is 2.19. The molecule has 1 unspecified atom stereocenters. The van der Waals surface area contributed by atoms with Crippen LogP contribution in [0.2, 0.25) is 0 Å². The summed E-state index contributed by atoms with van der Waals surface area (Å²) in [6.45, 7) is 1.63. The first-order valence-electron chi connectivity index (χ1n) is 3.53. The van der Waals surface area contributed by atoms with Crippen molar-refractivity contribution in [1.82, 2.24) is 0 Å². The van der Waals surface area contributed by atoms with E-state index >= 15 is 0 Å². The largest absolute Gasteiger partial charge is 0.450 e. The van der Waals surface area contributed by atoms with Crippen molar-refractivity contribution in [1.29, 1.82) is 5.26 Å². The zero-order valence-electron chi connectivity index (χ0n) is 6.89. The van der Waals surface area contributed by atoms with E-state index in [1.54, 1.807) is 0 Å². The van der Waals surface area contributed by atoms with Crippen LogP contribution >= 0.6 is 0 Å². The van der Waals surface area contributed by atoms with Crippen molar-refractivity contribution in [2.75, 3.05) is 6.61 Å². The summed E-state index contributed by atoms with van der Waals surface area (Å²) in [5, 5.41) is 8.28. The standard InChI is InChI=1S/C7H8F3NO2/c1-2-13-5(4-11)3-6(12)7(8,9)10/h5H,2-3H2,1H3. The van der Waals surface area contributed by atoms with Gasteiger partial charge in [-0.05, 0) is 6.92 Å². The normalized spacial score (nSPS) is 13.5. The van der Waals surface area contributed by atoms with Crippen molar-refractivity contribution < 1.29 is 22.7 Å². The van der Waals surface area contributed by atoms with Crippen molar-refractivity contribution in [3.63, 3.8) is 0 Å². The summed E-state index contributed by atoms with van der Waals surface area (Å²) >= 11 is 0. The lowest BCUT2D eigenvalue weighted by molar-refractivity contribution is -0.172. The first-order chi connectivity index (χ1) is 5.91. The third-order valence-corrected chi connectivity index (χ3v) is 1.20. The lowest BCUT2D eigenvalue weighted by atomic mass is 10.2. The summed E-state index contributed by atoms with van der Waals surface area (Å²) < 4.78 is 39.6. The topological polar surface area (TPSA) is 50.1 Å². The van der Waals surface area contributed by atoms with Gasteiger partial charge in [0.2, 0.25) is 5.78 Å². The Morgan fingerprint density at radius 3 is 2.46 bits per heavy atom. The maximum absolute atomic E-state index is 11.7. The minimum Gasteiger partial charge on any atom is -0.363 e. The summed E-state index contributed by atoms with van der Waals surface area (Å²) in [5.74, 6) is -1.94. The predicted molar refractivity (Wildman–Crippen MR) is 36.7 cm³/mol. The summed E-state index contributed by atoms with van der Waals surface area (Å²) in [7, 11) is 0. The van der Waals surface area contributed by atoms with Crippen molar-refractivity contribution in [2.24, 2.45) is 0 Å². The first kappa shape index (κ1) is 11.9. The molecule has 0 bridgehead atoms.